The van der Waals surface area contributed by atoms with Crippen molar-refractivity contribution in [3.05, 3.63) is 68.9 Å². The summed E-state index contributed by atoms with van der Waals surface area (Å²) in [5.41, 5.74) is 6.57. The van der Waals surface area contributed by atoms with Crippen molar-refractivity contribution < 1.29 is 4.39 Å². The number of nitrogens with one attached hydrogen (secondary N) is 1. The zero-order valence-corrected chi connectivity index (χ0v) is 12.5. The number of halogens is 2. The summed E-state index contributed by atoms with van der Waals surface area (Å²) < 4.78 is 14.3. The molecule has 0 fully saturated rings. The van der Waals surface area contributed by atoms with Crippen LogP contribution in [0, 0.1) is 19.7 Å². The van der Waals surface area contributed by atoms with E-state index in [0.717, 1.165) is 21.2 Å². The molecule has 0 aliphatic heterocycles. The van der Waals surface area contributed by atoms with E-state index in [1.807, 2.05) is 31.2 Å². The van der Waals surface area contributed by atoms with Crippen molar-refractivity contribution in [3.63, 3.8) is 0 Å². The zero-order valence-electron chi connectivity index (χ0n) is 10.9. The molecule has 2 aromatic rings. The molecular weight excluding hydrogens is 307 g/mol. The Labute approximate surface area is 120 Å². The first kappa shape index (κ1) is 14.2. The normalized spacial score (nSPS) is 12.5. The van der Waals surface area contributed by atoms with Crippen LogP contribution in [0.4, 0.5) is 4.39 Å². The third-order valence-electron chi connectivity index (χ3n) is 3.23. The van der Waals surface area contributed by atoms with Gasteiger partial charge in [-0.3, -0.25) is 5.84 Å². The van der Waals surface area contributed by atoms with Gasteiger partial charge in [0.05, 0.1) is 6.04 Å². The highest BCUT2D eigenvalue weighted by atomic mass is 79.9. The number of rotatable bonds is 3. The first-order valence-electron chi connectivity index (χ1n) is 6.01. The summed E-state index contributed by atoms with van der Waals surface area (Å²) in [4.78, 5) is 0. The van der Waals surface area contributed by atoms with Crippen LogP contribution in [0.15, 0.2) is 40.9 Å². The fourth-order valence-electron chi connectivity index (χ4n) is 2.14. The van der Waals surface area contributed by atoms with Gasteiger partial charge in [-0.2, -0.15) is 0 Å². The molecule has 2 rings (SSSR count). The molecule has 0 aliphatic carbocycles. The molecule has 2 nitrogen and oxygen atoms in total. The summed E-state index contributed by atoms with van der Waals surface area (Å²) in [7, 11) is 0. The van der Waals surface area contributed by atoms with E-state index in [4.69, 9.17) is 5.84 Å². The monoisotopic (exact) mass is 322 g/mol. The van der Waals surface area contributed by atoms with Gasteiger partial charge in [0.2, 0.25) is 0 Å². The third-order valence-corrected chi connectivity index (χ3v) is 3.73. The van der Waals surface area contributed by atoms with E-state index in [1.54, 1.807) is 13.0 Å². The number of hydrogen-bond acceptors (Lipinski definition) is 2. The second kappa shape index (κ2) is 5.82. The van der Waals surface area contributed by atoms with Crippen LogP contribution in [0.3, 0.4) is 0 Å². The molecule has 0 amide bonds. The highest BCUT2D eigenvalue weighted by Gasteiger charge is 2.16. The Morgan fingerprint density at radius 3 is 2.47 bits per heavy atom. The first-order chi connectivity index (χ1) is 9.02. The number of hydrogen-bond donors (Lipinski definition) is 2. The van der Waals surface area contributed by atoms with Crippen molar-refractivity contribution in [3.8, 4) is 0 Å². The van der Waals surface area contributed by atoms with Crippen LogP contribution in [0.2, 0.25) is 0 Å². The molecule has 0 radical (unpaired) electrons. The summed E-state index contributed by atoms with van der Waals surface area (Å²) in [5, 5.41) is 0. The molecule has 100 valence electrons. The standard InChI is InChI=1S/C15H16BrFN2/c1-9-3-5-12(16)8-13(9)15(19-18)11-4-6-14(17)10(2)7-11/h3-8,15,19H,18H2,1-2H3. The van der Waals surface area contributed by atoms with Crippen LogP contribution in [-0.2, 0) is 0 Å². The van der Waals surface area contributed by atoms with Gasteiger partial charge < -0.3 is 0 Å². The lowest BCUT2D eigenvalue weighted by Crippen LogP contribution is -2.29. The van der Waals surface area contributed by atoms with Crippen molar-refractivity contribution >= 4 is 15.9 Å². The number of aryl methyl sites for hydroxylation is 2. The summed E-state index contributed by atoms with van der Waals surface area (Å²) in [6.07, 6.45) is 0. The van der Waals surface area contributed by atoms with Gasteiger partial charge in [-0.1, -0.05) is 34.1 Å². The molecule has 4 heteroatoms. The second-order valence-electron chi connectivity index (χ2n) is 4.61. The smallest absolute Gasteiger partial charge is 0.126 e. The lowest BCUT2D eigenvalue weighted by Gasteiger charge is -2.20. The van der Waals surface area contributed by atoms with E-state index in [9.17, 15) is 4.39 Å². The van der Waals surface area contributed by atoms with Gasteiger partial charge in [0.1, 0.15) is 5.82 Å². The predicted octanol–water partition coefficient (Wildman–Crippen LogP) is 3.76. The molecule has 0 saturated heterocycles. The molecule has 0 bridgehead atoms. The molecule has 1 atom stereocenters. The molecule has 0 aromatic heterocycles. The second-order valence-corrected chi connectivity index (χ2v) is 5.52. The lowest BCUT2D eigenvalue weighted by atomic mass is 9.94. The van der Waals surface area contributed by atoms with Crippen LogP contribution < -0.4 is 11.3 Å². The predicted molar refractivity (Wildman–Crippen MR) is 79.2 cm³/mol. The van der Waals surface area contributed by atoms with Gasteiger partial charge >= 0.3 is 0 Å². The summed E-state index contributed by atoms with van der Waals surface area (Å²) >= 11 is 3.46. The van der Waals surface area contributed by atoms with Gasteiger partial charge in [0.15, 0.2) is 0 Å². The Bertz CT molecular complexity index is 599. The van der Waals surface area contributed by atoms with E-state index in [2.05, 4.69) is 21.4 Å². The number of benzene rings is 2. The minimum Gasteiger partial charge on any atom is -0.271 e. The largest absolute Gasteiger partial charge is 0.271 e. The fourth-order valence-corrected chi connectivity index (χ4v) is 2.51. The highest BCUT2D eigenvalue weighted by molar-refractivity contribution is 9.10. The Kier molecular flexibility index (Phi) is 4.34. The topological polar surface area (TPSA) is 38.0 Å². The van der Waals surface area contributed by atoms with Crippen molar-refractivity contribution in [2.75, 3.05) is 0 Å². The van der Waals surface area contributed by atoms with Gasteiger partial charge in [-0.15, -0.1) is 0 Å². The maximum absolute atomic E-state index is 13.4. The van der Waals surface area contributed by atoms with E-state index in [1.165, 1.54) is 6.07 Å². The molecule has 1 unspecified atom stereocenters. The third kappa shape index (κ3) is 3.03. The lowest BCUT2D eigenvalue weighted by molar-refractivity contribution is 0.607. The van der Waals surface area contributed by atoms with E-state index in [0.29, 0.717) is 5.56 Å². The van der Waals surface area contributed by atoms with Crippen LogP contribution in [0.1, 0.15) is 28.3 Å². The number of nitrogens with two attached hydrogens (primary N) is 1. The minimum absolute atomic E-state index is 0.156. The van der Waals surface area contributed by atoms with Crippen molar-refractivity contribution in [1.29, 1.82) is 0 Å². The molecule has 3 N–H and O–H groups in total. The van der Waals surface area contributed by atoms with Crippen molar-refractivity contribution in [2.24, 2.45) is 5.84 Å². The van der Waals surface area contributed by atoms with E-state index >= 15 is 0 Å². The van der Waals surface area contributed by atoms with Gasteiger partial charge in [-0.05, 0) is 54.3 Å². The van der Waals surface area contributed by atoms with Crippen molar-refractivity contribution in [1.82, 2.24) is 5.43 Å². The Balaban J connectivity index is 2.49. The van der Waals surface area contributed by atoms with Gasteiger partial charge in [0, 0.05) is 4.47 Å². The van der Waals surface area contributed by atoms with Crippen LogP contribution in [-0.4, -0.2) is 0 Å². The zero-order chi connectivity index (χ0) is 14.0. The highest BCUT2D eigenvalue weighted by Crippen LogP contribution is 2.28. The summed E-state index contributed by atoms with van der Waals surface area (Å²) in [6.45, 7) is 3.78. The average Bonchev–Trinajstić information content (AvgIpc) is 2.38. The quantitative estimate of drug-likeness (QED) is 0.667. The van der Waals surface area contributed by atoms with Crippen molar-refractivity contribution in [2.45, 2.75) is 19.9 Å². The molecule has 19 heavy (non-hydrogen) atoms. The SMILES string of the molecule is Cc1cc(C(NN)c2cc(Br)ccc2C)ccc1F. The first-order valence-corrected chi connectivity index (χ1v) is 6.80. The van der Waals surface area contributed by atoms with Crippen LogP contribution >= 0.6 is 15.9 Å². The van der Waals surface area contributed by atoms with E-state index in [-0.39, 0.29) is 11.9 Å². The molecule has 2 aromatic carbocycles. The average molecular weight is 323 g/mol. The maximum Gasteiger partial charge on any atom is 0.126 e. The summed E-state index contributed by atoms with van der Waals surface area (Å²) in [6, 6.07) is 10.9. The number of hydrazine groups is 1. The van der Waals surface area contributed by atoms with Crippen LogP contribution in [0.5, 0.6) is 0 Å². The Hall–Kier alpha value is -1.23. The fraction of sp³-hybridized carbons (Fsp3) is 0.200. The van der Waals surface area contributed by atoms with Crippen LogP contribution in [0.25, 0.3) is 0 Å². The molecule has 0 aliphatic rings. The Morgan fingerprint density at radius 1 is 1.11 bits per heavy atom. The molecule has 0 spiro atoms. The van der Waals surface area contributed by atoms with Gasteiger partial charge in [-0.25, -0.2) is 9.82 Å². The minimum atomic E-state index is -0.203. The Morgan fingerprint density at radius 2 is 1.84 bits per heavy atom. The molecule has 0 heterocycles. The van der Waals surface area contributed by atoms with Gasteiger partial charge in [0.25, 0.3) is 0 Å². The molecular formula is C15H16BrFN2. The maximum atomic E-state index is 13.4. The van der Waals surface area contributed by atoms with E-state index < -0.39 is 0 Å². The molecule has 0 saturated carbocycles. The summed E-state index contributed by atoms with van der Waals surface area (Å²) in [5.74, 6) is 5.48.